The number of hydrogen-bond donors (Lipinski definition) is 3. The third kappa shape index (κ3) is 33.5. The summed E-state index contributed by atoms with van der Waals surface area (Å²) in [5.41, 5.74) is -0.250. The van der Waals surface area contributed by atoms with Crippen LogP contribution in [0.2, 0.25) is 0 Å². The van der Waals surface area contributed by atoms with Crippen molar-refractivity contribution in [3.63, 3.8) is 0 Å². The number of alkyl carbamates (subject to hydrolysis) is 1. The molecule has 17 heteroatoms. The molecule has 17 nitrogen and oxygen atoms in total. The molecule has 0 bridgehead atoms. The zero-order valence-corrected chi connectivity index (χ0v) is 35.6. The molecule has 1 aromatic rings. The highest BCUT2D eigenvalue weighted by Gasteiger charge is 2.21. The van der Waals surface area contributed by atoms with Crippen LogP contribution in [0.1, 0.15) is 72.8 Å². The number of carbonyl (C=O) groups is 4. The molecule has 0 unspecified atom stereocenters. The molecule has 0 aliphatic heterocycles. The van der Waals surface area contributed by atoms with Crippen LogP contribution in [0.4, 0.5) is 4.79 Å². The maximum atomic E-state index is 13.1. The van der Waals surface area contributed by atoms with E-state index in [1.54, 1.807) is 45.0 Å². The van der Waals surface area contributed by atoms with Gasteiger partial charge in [0.05, 0.1) is 112 Å². The summed E-state index contributed by atoms with van der Waals surface area (Å²) in [7, 11) is 0. The van der Waals surface area contributed by atoms with Gasteiger partial charge in [0.1, 0.15) is 17.0 Å². The van der Waals surface area contributed by atoms with Crippen molar-refractivity contribution < 1.29 is 71.7 Å². The predicted molar refractivity (Wildman–Crippen MR) is 214 cm³/mol. The number of phenolic OH excluding ortho intramolecular Hbond substituents is 1. The fraction of sp³-hybridized carbons (Fsp3) is 0.756. The van der Waals surface area contributed by atoms with Crippen LogP contribution in [-0.2, 0) is 68.2 Å². The van der Waals surface area contributed by atoms with Crippen LogP contribution < -0.4 is 10.6 Å². The van der Waals surface area contributed by atoms with Gasteiger partial charge in [-0.05, 0) is 72.1 Å². The van der Waals surface area contributed by atoms with Gasteiger partial charge < -0.3 is 63.1 Å². The van der Waals surface area contributed by atoms with Crippen molar-refractivity contribution in [2.75, 3.05) is 112 Å². The molecular formula is C41H70N2O15. The molecule has 0 spiro atoms. The number of carbonyl (C=O) groups excluding carboxylic acids is 4. The van der Waals surface area contributed by atoms with E-state index in [9.17, 15) is 24.3 Å². The van der Waals surface area contributed by atoms with Gasteiger partial charge in [-0.3, -0.25) is 14.4 Å². The molecule has 0 saturated heterocycles. The van der Waals surface area contributed by atoms with Crippen LogP contribution in [-0.4, -0.2) is 158 Å². The number of esters is 1. The van der Waals surface area contributed by atoms with Crippen LogP contribution in [0, 0.1) is 0 Å². The van der Waals surface area contributed by atoms with E-state index in [-0.39, 0.29) is 62.3 Å². The fourth-order valence-electron chi connectivity index (χ4n) is 4.68. The highest BCUT2D eigenvalue weighted by Crippen LogP contribution is 2.13. The smallest absolute Gasteiger partial charge is 0.407 e. The quantitative estimate of drug-likeness (QED) is 0.0661. The summed E-state index contributed by atoms with van der Waals surface area (Å²) < 4.78 is 54.2. The number of Topliss-reactive ketones (excluding diaryl/α,β-unsaturated/α-hetero) is 1. The van der Waals surface area contributed by atoms with Crippen LogP contribution in [0.3, 0.4) is 0 Å². The molecule has 0 aliphatic rings. The molecule has 1 rings (SSSR count). The van der Waals surface area contributed by atoms with Crippen molar-refractivity contribution in [3.8, 4) is 5.75 Å². The van der Waals surface area contributed by atoms with E-state index in [4.69, 9.17) is 47.4 Å². The van der Waals surface area contributed by atoms with E-state index >= 15 is 0 Å². The third-order valence-electron chi connectivity index (χ3n) is 7.30. The van der Waals surface area contributed by atoms with Gasteiger partial charge in [-0.2, -0.15) is 0 Å². The van der Waals surface area contributed by atoms with E-state index in [0.29, 0.717) is 105 Å². The van der Waals surface area contributed by atoms with Gasteiger partial charge in [-0.25, -0.2) is 4.79 Å². The van der Waals surface area contributed by atoms with Crippen LogP contribution in [0.15, 0.2) is 24.3 Å². The van der Waals surface area contributed by atoms with Gasteiger partial charge in [-0.1, -0.05) is 12.1 Å². The SMILES string of the molecule is CC(C)(C)OC(=O)CCOCCOCCOCCOCCCC(=O)[C@H](Cc1ccc(O)cc1)NC(=O)CCOCCOCCOCCOCCNC(=O)OC(C)(C)C. The number of hydrogen-bond acceptors (Lipinski definition) is 15. The minimum absolute atomic E-state index is 0.0769. The van der Waals surface area contributed by atoms with Crippen molar-refractivity contribution in [1.29, 1.82) is 0 Å². The minimum Gasteiger partial charge on any atom is -0.508 e. The van der Waals surface area contributed by atoms with Gasteiger partial charge in [-0.15, -0.1) is 0 Å². The van der Waals surface area contributed by atoms with E-state index < -0.39 is 23.3 Å². The molecule has 2 amide bonds. The summed E-state index contributed by atoms with van der Waals surface area (Å²) in [6.45, 7) is 16.8. The lowest BCUT2D eigenvalue weighted by Gasteiger charge is -2.19. The molecule has 334 valence electrons. The molecule has 0 radical (unpaired) electrons. The Morgan fingerprint density at radius 3 is 1.47 bits per heavy atom. The molecular weight excluding hydrogens is 760 g/mol. The standard InChI is InChI=1S/C41H70N2O15/c1-40(2,3)57-38(47)14-18-51-22-26-55-29-28-53-24-20-49-16-7-8-36(45)35(32-33-9-11-34(44)12-10-33)43-37(46)13-17-50-21-25-54-30-31-56-27-23-52-19-15-42-39(48)58-41(4,5)6/h9-12,35,44H,7-8,13-32H2,1-6H3,(H,42,48)(H,43,46)/t35-/m0/s1. The topological polar surface area (TPSA) is 205 Å². The van der Waals surface area contributed by atoms with E-state index in [1.807, 2.05) is 20.8 Å². The Morgan fingerprint density at radius 1 is 0.552 bits per heavy atom. The van der Waals surface area contributed by atoms with Crippen molar-refractivity contribution in [3.05, 3.63) is 29.8 Å². The first-order valence-electron chi connectivity index (χ1n) is 20.1. The number of ketones is 1. The Labute approximate surface area is 344 Å². The minimum atomic E-state index is -0.738. The lowest BCUT2D eigenvalue weighted by molar-refractivity contribution is -0.156. The van der Waals surface area contributed by atoms with E-state index in [0.717, 1.165) is 5.56 Å². The second-order valence-corrected chi connectivity index (χ2v) is 15.0. The van der Waals surface area contributed by atoms with Gasteiger partial charge >= 0.3 is 12.1 Å². The molecule has 0 saturated carbocycles. The predicted octanol–water partition coefficient (Wildman–Crippen LogP) is 3.55. The number of phenols is 1. The molecule has 0 aliphatic carbocycles. The Kier molecular flexibility index (Phi) is 29.4. The van der Waals surface area contributed by atoms with E-state index in [2.05, 4.69) is 10.6 Å². The summed E-state index contributed by atoms with van der Waals surface area (Å²) in [5, 5.41) is 15.1. The second-order valence-electron chi connectivity index (χ2n) is 15.0. The van der Waals surface area contributed by atoms with E-state index in [1.165, 1.54) is 0 Å². The normalized spacial score (nSPS) is 12.2. The number of aromatic hydroxyl groups is 1. The summed E-state index contributed by atoms with van der Waals surface area (Å²) in [4.78, 5) is 49.1. The lowest BCUT2D eigenvalue weighted by atomic mass is 9.99. The maximum Gasteiger partial charge on any atom is 0.407 e. The molecule has 1 aromatic carbocycles. The molecule has 0 fully saturated rings. The Balaban J connectivity index is 2.12. The number of nitrogens with one attached hydrogen (secondary N) is 2. The number of amides is 2. The van der Waals surface area contributed by atoms with Crippen LogP contribution in [0.25, 0.3) is 0 Å². The number of benzene rings is 1. The first-order chi connectivity index (χ1) is 27.6. The largest absolute Gasteiger partial charge is 0.508 e. The van der Waals surface area contributed by atoms with Crippen molar-refractivity contribution >= 4 is 23.8 Å². The Hall–Kier alpha value is -3.42. The summed E-state index contributed by atoms with van der Waals surface area (Å²) in [5.74, 6) is -0.608. The molecule has 1 atom stereocenters. The zero-order valence-electron chi connectivity index (χ0n) is 35.6. The highest BCUT2D eigenvalue weighted by atomic mass is 16.6. The average Bonchev–Trinajstić information content (AvgIpc) is 3.13. The molecule has 0 aromatic heterocycles. The van der Waals surface area contributed by atoms with Gasteiger partial charge in [0.15, 0.2) is 5.78 Å². The Morgan fingerprint density at radius 2 is 0.983 bits per heavy atom. The maximum absolute atomic E-state index is 13.1. The number of rotatable bonds is 35. The van der Waals surface area contributed by atoms with Crippen LogP contribution >= 0.6 is 0 Å². The summed E-state index contributed by atoms with van der Waals surface area (Å²) in [6, 6.07) is 5.78. The van der Waals surface area contributed by atoms with Gasteiger partial charge in [0, 0.05) is 26.0 Å². The molecule has 58 heavy (non-hydrogen) atoms. The molecule has 3 N–H and O–H groups in total. The number of ether oxygens (including phenoxy) is 10. The zero-order chi connectivity index (χ0) is 42.9. The second kappa shape index (κ2) is 32.4. The van der Waals surface area contributed by atoms with Crippen molar-refractivity contribution in [1.82, 2.24) is 10.6 Å². The fourth-order valence-corrected chi connectivity index (χ4v) is 4.68. The molecule has 0 heterocycles. The third-order valence-corrected chi connectivity index (χ3v) is 7.30. The van der Waals surface area contributed by atoms with Gasteiger partial charge in [0.2, 0.25) is 5.91 Å². The van der Waals surface area contributed by atoms with Crippen molar-refractivity contribution in [2.24, 2.45) is 0 Å². The lowest BCUT2D eigenvalue weighted by Crippen LogP contribution is -2.42. The first kappa shape index (κ1) is 52.6. The first-order valence-corrected chi connectivity index (χ1v) is 20.1. The monoisotopic (exact) mass is 830 g/mol. The summed E-state index contributed by atoms with van der Waals surface area (Å²) >= 11 is 0. The van der Waals surface area contributed by atoms with Crippen molar-refractivity contribution in [2.45, 2.75) is 90.9 Å². The van der Waals surface area contributed by atoms with Gasteiger partial charge in [0.25, 0.3) is 0 Å². The van der Waals surface area contributed by atoms with Crippen LogP contribution in [0.5, 0.6) is 5.75 Å². The average molecular weight is 831 g/mol. The highest BCUT2D eigenvalue weighted by molar-refractivity contribution is 5.89. The summed E-state index contributed by atoms with van der Waals surface area (Å²) in [6.07, 6.45) is 0.772. The Bertz CT molecular complexity index is 1240.